The highest BCUT2D eigenvalue weighted by molar-refractivity contribution is 5.98. The molecule has 0 radical (unpaired) electrons. The van der Waals surface area contributed by atoms with Gasteiger partial charge in [-0.25, -0.2) is 18.7 Å². The summed E-state index contributed by atoms with van der Waals surface area (Å²) < 4.78 is 29.0. The fourth-order valence-electron chi connectivity index (χ4n) is 4.26. The molecule has 0 aliphatic rings. The number of amides is 1. The lowest BCUT2D eigenvalue weighted by Crippen LogP contribution is -2.09. The Morgan fingerprint density at radius 2 is 1.92 bits per heavy atom. The summed E-state index contributed by atoms with van der Waals surface area (Å²) in [7, 11) is 0. The number of rotatable bonds is 5. The van der Waals surface area contributed by atoms with Gasteiger partial charge in [0.1, 0.15) is 17.0 Å². The Morgan fingerprint density at radius 1 is 1.03 bits per heavy atom. The average molecular weight is 495 g/mol. The number of fused-ring (bicyclic) bond motifs is 2. The standard InChI is InChI=1S/C27H19F2N7O/c1-2-22(37)32-18-9-16(12-30-13-18)15-10-20-23(21(29)11-15)35-36-25(20)27-33-24-19(6-7-31-26(24)34-27)14-4-3-5-17(28)8-14/h3-13H,2H2,1H3,(H,32,37)(H,35,36)(H,31,33,34). The number of aromatic amines is 2. The molecule has 8 nitrogen and oxygen atoms in total. The molecule has 0 bridgehead atoms. The SMILES string of the molecule is CCC(=O)Nc1cncc(-c2cc(F)c3n[nH]c(-c4nc5nccc(-c6cccc(F)c6)c5[nH]4)c3c2)c1. The van der Waals surface area contributed by atoms with Crippen LogP contribution >= 0.6 is 0 Å². The highest BCUT2D eigenvalue weighted by Crippen LogP contribution is 2.34. The molecule has 0 saturated heterocycles. The summed E-state index contributed by atoms with van der Waals surface area (Å²) >= 11 is 0. The maximum atomic E-state index is 15.1. The highest BCUT2D eigenvalue weighted by Gasteiger charge is 2.18. The fourth-order valence-corrected chi connectivity index (χ4v) is 4.26. The first-order valence-corrected chi connectivity index (χ1v) is 11.5. The van der Waals surface area contributed by atoms with Crippen LogP contribution in [0, 0.1) is 11.6 Å². The van der Waals surface area contributed by atoms with Crippen LogP contribution in [-0.4, -0.2) is 36.0 Å². The Labute approximate surface area is 208 Å². The van der Waals surface area contributed by atoms with E-state index in [4.69, 9.17) is 0 Å². The predicted octanol–water partition coefficient (Wildman–Crippen LogP) is 5.86. The molecule has 0 atom stereocenters. The Kier molecular flexibility index (Phi) is 5.41. The van der Waals surface area contributed by atoms with Gasteiger partial charge in [0.25, 0.3) is 0 Å². The molecular weight excluding hydrogens is 476 g/mol. The molecule has 0 unspecified atom stereocenters. The van der Waals surface area contributed by atoms with E-state index in [2.05, 4.69) is 35.5 Å². The van der Waals surface area contributed by atoms with Gasteiger partial charge < -0.3 is 10.3 Å². The van der Waals surface area contributed by atoms with Crippen molar-refractivity contribution >= 4 is 33.7 Å². The summed E-state index contributed by atoms with van der Waals surface area (Å²) in [6.07, 6.45) is 5.06. The van der Waals surface area contributed by atoms with E-state index in [-0.39, 0.29) is 17.2 Å². The van der Waals surface area contributed by atoms with Crippen molar-refractivity contribution in [1.29, 1.82) is 0 Å². The van der Waals surface area contributed by atoms with Gasteiger partial charge in [-0.05, 0) is 47.5 Å². The molecule has 2 aromatic carbocycles. The molecular formula is C27H19F2N7O. The van der Waals surface area contributed by atoms with Gasteiger partial charge in [0.05, 0.1) is 17.4 Å². The molecule has 0 aliphatic heterocycles. The average Bonchev–Trinajstić information content (AvgIpc) is 3.53. The first-order valence-electron chi connectivity index (χ1n) is 11.5. The molecule has 0 fully saturated rings. The second-order valence-electron chi connectivity index (χ2n) is 8.47. The zero-order valence-corrected chi connectivity index (χ0v) is 19.5. The third-order valence-corrected chi connectivity index (χ3v) is 6.05. The van der Waals surface area contributed by atoms with E-state index in [1.165, 1.54) is 24.4 Å². The number of nitrogens with one attached hydrogen (secondary N) is 3. The number of hydrogen-bond donors (Lipinski definition) is 3. The first-order chi connectivity index (χ1) is 18.0. The first kappa shape index (κ1) is 22.5. The molecule has 0 saturated carbocycles. The number of carbonyl (C=O) groups is 1. The minimum Gasteiger partial charge on any atom is -0.335 e. The molecule has 4 aromatic heterocycles. The van der Waals surface area contributed by atoms with Crippen molar-refractivity contribution in [2.45, 2.75) is 13.3 Å². The Bertz CT molecular complexity index is 1810. The lowest BCUT2D eigenvalue weighted by Gasteiger charge is -2.07. The van der Waals surface area contributed by atoms with Crippen LogP contribution in [-0.2, 0) is 4.79 Å². The number of aromatic nitrogens is 6. The van der Waals surface area contributed by atoms with Crippen molar-refractivity contribution in [1.82, 2.24) is 30.1 Å². The molecule has 1 amide bonds. The van der Waals surface area contributed by atoms with Gasteiger partial charge >= 0.3 is 0 Å². The van der Waals surface area contributed by atoms with Crippen LogP contribution in [0.15, 0.2) is 67.1 Å². The van der Waals surface area contributed by atoms with Crippen molar-refractivity contribution in [3.05, 3.63) is 78.8 Å². The summed E-state index contributed by atoms with van der Waals surface area (Å²) in [4.78, 5) is 28.1. The van der Waals surface area contributed by atoms with E-state index in [0.717, 1.165) is 5.56 Å². The normalized spacial score (nSPS) is 11.3. The summed E-state index contributed by atoms with van der Waals surface area (Å²) in [5.74, 6) is -0.605. The molecule has 0 spiro atoms. The van der Waals surface area contributed by atoms with Gasteiger partial charge in [0.2, 0.25) is 5.91 Å². The molecule has 3 N–H and O–H groups in total. The Hall–Kier alpha value is -4.99. The number of hydrogen-bond acceptors (Lipinski definition) is 5. The lowest BCUT2D eigenvalue weighted by molar-refractivity contribution is -0.115. The van der Waals surface area contributed by atoms with Crippen molar-refractivity contribution in [2.75, 3.05) is 5.32 Å². The minimum atomic E-state index is -0.521. The van der Waals surface area contributed by atoms with E-state index in [9.17, 15) is 9.18 Å². The summed E-state index contributed by atoms with van der Waals surface area (Å²) in [6.45, 7) is 1.75. The molecule has 10 heteroatoms. The highest BCUT2D eigenvalue weighted by atomic mass is 19.1. The summed E-state index contributed by atoms with van der Waals surface area (Å²) in [5.41, 5.74) is 4.78. The van der Waals surface area contributed by atoms with E-state index in [1.54, 1.807) is 49.6 Å². The van der Waals surface area contributed by atoms with Crippen molar-refractivity contribution < 1.29 is 13.6 Å². The smallest absolute Gasteiger partial charge is 0.224 e. The van der Waals surface area contributed by atoms with Crippen molar-refractivity contribution in [3.63, 3.8) is 0 Å². The number of H-pyrrole nitrogens is 2. The van der Waals surface area contributed by atoms with E-state index >= 15 is 4.39 Å². The van der Waals surface area contributed by atoms with Crippen molar-refractivity contribution in [2.24, 2.45) is 0 Å². The van der Waals surface area contributed by atoms with E-state index in [0.29, 0.717) is 56.9 Å². The number of imidazole rings is 1. The van der Waals surface area contributed by atoms with Crippen molar-refractivity contribution in [3.8, 4) is 33.8 Å². The zero-order chi connectivity index (χ0) is 25.5. The number of pyridine rings is 2. The third-order valence-electron chi connectivity index (χ3n) is 6.05. The topological polar surface area (TPSA) is 112 Å². The lowest BCUT2D eigenvalue weighted by atomic mass is 10.0. The maximum absolute atomic E-state index is 15.1. The fraction of sp³-hybridized carbons (Fsp3) is 0.0741. The number of nitrogens with zero attached hydrogens (tertiary/aromatic N) is 4. The summed E-state index contributed by atoms with van der Waals surface area (Å²) in [6, 6.07) is 12.9. The van der Waals surface area contributed by atoms with Crippen LogP contribution in [0.25, 0.3) is 55.8 Å². The third kappa shape index (κ3) is 4.08. The zero-order valence-electron chi connectivity index (χ0n) is 19.5. The van der Waals surface area contributed by atoms with Crippen LogP contribution in [0.3, 0.4) is 0 Å². The van der Waals surface area contributed by atoms with Crippen LogP contribution in [0.4, 0.5) is 14.5 Å². The number of carbonyl (C=O) groups excluding carboxylic acids is 1. The van der Waals surface area contributed by atoms with Crippen LogP contribution in [0.1, 0.15) is 13.3 Å². The molecule has 4 heterocycles. The molecule has 182 valence electrons. The van der Waals surface area contributed by atoms with Gasteiger partial charge in [0.15, 0.2) is 17.3 Å². The number of benzene rings is 2. The monoisotopic (exact) mass is 495 g/mol. The Balaban J connectivity index is 1.46. The molecule has 6 aromatic rings. The second kappa shape index (κ2) is 8.90. The van der Waals surface area contributed by atoms with E-state index < -0.39 is 5.82 Å². The molecule has 37 heavy (non-hydrogen) atoms. The van der Waals surface area contributed by atoms with Gasteiger partial charge in [-0.2, -0.15) is 5.10 Å². The predicted molar refractivity (Wildman–Crippen MR) is 136 cm³/mol. The van der Waals surface area contributed by atoms with Crippen LogP contribution in [0.5, 0.6) is 0 Å². The van der Waals surface area contributed by atoms with E-state index in [1.807, 2.05) is 0 Å². The maximum Gasteiger partial charge on any atom is 0.224 e. The summed E-state index contributed by atoms with van der Waals surface area (Å²) in [5, 5.41) is 10.3. The number of anilines is 1. The largest absolute Gasteiger partial charge is 0.335 e. The van der Waals surface area contributed by atoms with Gasteiger partial charge in [-0.1, -0.05) is 19.1 Å². The minimum absolute atomic E-state index is 0.145. The Morgan fingerprint density at radius 3 is 2.76 bits per heavy atom. The van der Waals surface area contributed by atoms with Gasteiger partial charge in [0, 0.05) is 35.3 Å². The molecule has 6 rings (SSSR count). The molecule has 0 aliphatic carbocycles. The second-order valence-corrected chi connectivity index (χ2v) is 8.47. The van der Waals surface area contributed by atoms with Crippen LogP contribution < -0.4 is 5.32 Å². The number of halogens is 2. The van der Waals surface area contributed by atoms with Gasteiger partial charge in [-0.3, -0.25) is 14.9 Å². The van der Waals surface area contributed by atoms with Gasteiger partial charge in [-0.15, -0.1) is 0 Å². The quantitative estimate of drug-likeness (QED) is 0.277. The van der Waals surface area contributed by atoms with Crippen LogP contribution in [0.2, 0.25) is 0 Å².